The number of pyridine rings is 1. The van der Waals surface area contributed by atoms with E-state index in [2.05, 4.69) is 22.3 Å². The molecule has 0 aromatic carbocycles. The molecule has 15 heavy (non-hydrogen) atoms. The van der Waals surface area contributed by atoms with Crippen molar-refractivity contribution < 1.29 is 0 Å². The normalized spacial score (nSPS) is 10.3. The molecule has 0 fully saturated rings. The molecular formula is C11H14N4. The Hall–Kier alpha value is -1.84. The van der Waals surface area contributed by atoms with E-state index in [0.717, 1.165) is 23.6 Å². The summed E-state index contributed by atoms with van der Waals surface area (Å²) in [6.07, 6.45) is 5.56. The summed E-state index contributed by atoms with van der Waals surface area (Å²) in [5.41, 5.74) is 5.18. The van der Waals surface area contributed by atoms with Crippen molar-refractivity contribution in [3.05, 3.63) is 36.5 Å². The van der Waals surface area contributed by atoms with Crippen molar-refractivity contribution in [3.8, 4) is 11.3 Å². The second-order valence-corrected chi connectivity index (χ2v) is 3.30. The Balaban J connectivity index is 2.34. The summed E-state index contributed by atoms with van der Waals surface area (Å²) in [4.78, 5) is 8.54. The van der Waals surface area contributed by atoms with Crippen LogP contribution in [0, 0.1) is 6.92 Å². The van der Waals surface area contributed by atoms with Gasteiger partial charge in [0.05, 0.1) is 11.9 Å². The Labute approximate surface area is 89.0 Å². The summed E-state index contributed by atoms with van der Waals surface area (Å²) in [6, 6.07) is 3.92. The lowest BCUT2D eigenvalue weighted by Gasteiger charge is -2.03. The maximum absolute atomic E-state index is 4.46. The molecule has 0 saturated heterocycles. The van der Waals surface area contributed by atoms with E-state index in [1.165, 1.54) is 0 Å². The van der Waals surface area contributed by atoms with Gasteiger partial charge in [-0.15, -0.1) is 0 Å². The van der Waals surface area contributed by atoms with Gasteiger partial charge in [0.25, 0.3) is 0 Å². The summed E-state index contributed by atoms with van der Waals surface area (Å²) < 4.78 is 1.93. The molecule has 4 heteroatoms. The van der Waals surface area contributed by atoms with E-state index < -0.39 is 0 Å². The Kier molecular flexibility index (Phi) is 2.67. The van der Waals surface area contributed by atoms with Gasteiger partial charge in [0.2, 0.25) is 0 Å². The number of rotatable bonds is 3. The van der Waals surface area contributed by atoms with Crippen LogP contribution in [0.5, 0.6) is 0 Å². The Morgan fingerprint density at radius 1 is 1.47 bits per heavy atom. The molecule has 0 unspecified atom stereocenters. The third kappa shape index (κ3) is 1.98. The first-order chi connectivity index (χ1) is 7.31. The van der Waals surface area contributed by atoms with Gasteiger partial charge >= 0.3 is 0 Å². The maximum atomic E-state index is 4.46. The highest BCUT2D eigenvalue weighted by molar-refractivity contribution is 5.57. The predicted octanol–water partition coefficient (Wildman–Crippen LogP) is 1.82. The van der Waals surface area contributed by atoms with Gasteiger partial charge in [-0.2, -0.15) is 0 Å². The molecule has 2 aromatic heterocycles. The van der Waals surface area contributed by atoms with Gasteiger partial charge in [0.1, 0.15) is 5.82 Å². The summed E-state index contributed by atoms with van der Waals surface area (Å²) >= 11 is 0. The van der Waals surface area contributed by atoms with Gasteiger partial charge in [0, 0.05) is 24.5 Å². The molecule has 0 radical (unpaired) electrons. The molecule has 1 N–H and O–H groups in total. The molecule has 2 heterocycles. The van der Waals surface area contributed by atoms with Gasteiger partial charge in [-0.3, -0.25) is 9.66 Å². The topological polar surface area (TPSA) is 42.7 Å². The van der Waals surface area contributed by atoms with Gasteiger partial charge < -0.3 is 5.43 Å². The van der Waals surface area contributed by atoms with E-state index in [0.29, 0.717) is 0 Å². The standard InChI is InChI=1S/C11H14N4/c1-3-13-15-8-11(14-9(15)2)10-5-4-6-12-7-10/h4-8,13H,3H2,1-2H3. The SMILES string of the molecule is CCNn1cc(-c2cccnc2)nc1C. The first-order valence-corrected chi connectivity index (χ1v) is 5.01. The second-order valence-electron chi connectivity index (χ2n) is 3.30. The monoisotopic (exact) mass is 202 g/mol. The number of aromatic nitrogens is 3. The minimum atomic E-state index is 0.879. The maximum Gasteiger partial charge on any atom is 0.124 e. The fourth-order valence-electron chi connectivity index (χ4n) is 1.46. The van der Waals surface area contributed by atoms with E-state index in [9.17, 15) is 0 Å². The lowest BCUT2D eigenvalue weighted by molar-refractivity contribution is 0.822. The number of hydrogen-bond acceptors (Lipinski definition) is 3. The van der Waals surface area contributed by atoms with Crippen LogP contribution >= 0.6 is 0 Å². The number of hydrogen-bond donors (Lipinski definition) is 1. The fourth-order valence-corrected chi connectivity index (χ4v) is 1.46. The minimum Gasteiger partial charge on any atom is -0.325 e. The zero-order chi connectivity index (χ0) is 10.7. The van der Waals surface area contributed by atoms with Gasteiger partial charge in [-0.25, -0.2) is 4.98 Å². The average Bonchev–Trinajstić information content (AvgIpc) is 2.63. The Morgan fingerprint density at radius 2 is 2.33 bits per heavy atom. The minimum absolute atomic E-state index is 0.879. The lowest BCUT2D eigenvalue weighted by atomic mass is 10.2. The zero-order valence-corrected chi connectivity index (χ0v) is 8.94. The Morgan fingerprint density at radius 3 is 3.00 bits per heavy atom. The molecule has 0 atom stereocenters. The second kappa shape index (κ2) is 4.13. The number of nitrogens with zero attached hydrogens (tertiary/aromatic N) is 3. The smallest absolute Gasteiger partial charge is 0.124 e. The van der Waals surface area contributed by atoms with Crippen LogP contribution in [0.15, 0.2) is 30.7 Å². The molecular weight excluding hydrogens is 188 g/mol. The molecule has 0 aliphatic carbocycles. The molecule has 0 saturated carbocycles. The molecule has 78 valence electrons. The Bertz CT molecular complexity index is 433. The van der Waals surface area contributed by atoms with E-state index >= 15 is 0 Å². The van der Waals surface area contributed by atoms with Crippen LogP contribution in [0.25, 0.3) is 11.3 Å². The average molecular weight is 202 g/mol. The van der Waals surface area contributed by atoms with Gasteiger partial charge in [-0.05, 0) is 26.0 Å². The third-order valence-electron chi connectivity index (χ3n) is 2.17. The molecule has 0 bridgehead atoms. The van der Waals surface area contributed by atoms with Crippen molar-refractivity contribution in [2.24, 2.45) is 0 Å². The van der Waals surface area contributed by atoms with Crippen LogP contribution in [0.3, 0.4) is 0 Å². The summed E-state index contributed by atoms with van der Waals surface area (Å²) in [5, 5.41) is 0. The molecule has 2 aromatic rings. The van der Waals surface area contributed by atoms with Gasteiger partial charge in [-0.1, -0.05) is 0 Å². The molecule has 4 nitrogen and oxygen atoms in total. The molecule has 0 aliphatic heterocycles. The summed E-state index contributed by atoms with van der Waals surface area (Å²) in [7, 11) is 0. The number of imidazole rings is 1. The van der Waals surface area contributed by atoms with Crippen molar-refractivity contribution in [3.63, 3.8) is 0 Å². The molecule has 0 amide bonds. The summed E-state index contributed by atoms with van der Waals surface area (Å²) in [6.45, 7) is 4.91. The number of aryl methyl sites for hydroxylation is 1. The van der Waals surface area contributed by atoms with Gasteiger partial charge in [0.15, 0.2) is 0 Å². The van der Waals surface area contributed by atoms with Crippen molar-refractivity contribution in [2.45, 2.75) is 13.8 Å². The van der Waals surface area contributed by atoms with Crippen molar-refractivity contribution in [1.29, 1.82) is 0 Å². The fraction of sp³-hybridized carbons (Fsp3) is 0.273. The molecule has 0 spiro atoms. The molecule has 2 rings (SSSR count). The van der Waals surface area contributed by atoms with Crippen molar-refractivity contribution in [1.82, 2.24) is 14.6 Å². The van der Waals surface area contributed by atoms with Crippen molar-refractivity contribution in [2.75, 3.05) is 12.0 Å². The summed E-state index contributed by atoms with van der Waals surface area (Å²) in [5.74, 6) is 0.954. The first kappa shape index (κ1) is 9.71. The van der Waals surface area contributed by atoms with Crippen LogP contribution in [0.4, 0.5) is 0 Å². The third-order valence-corrected chi connectivity index (χ3v) is 2.17. The van der Waals surface area contributed by atoms with Crippen LogP contribution in [-0.2, 0) is 0 Å². The largest absolute Gasteiger partial charge is 0.325 e. The first-order valence-electron chi connectivity index (χ1n) is 5.01. The van der Waals surface area contributed by atoms with Crippen LogP contribution in [-0.4, -0.2) is 21.2 Å². The van der Waals surface area contributed by atoms with E-state index in [-0.39, 0.29) is 0 Å². The van der Waals surface area contributed by atoms with Crippen LogP contribution in [0.2, 0.25) is 0 Å². The van der Waals surface area contributed by atoms with Crippen LogP contribution in [0.1, 0.15) is 12.7 Å². The predicted molar refractivity (Wildman–Crippen MR) is 60.1 cm³/mol. The van der Waals surface area contributed by atoms with Crippen LogP contribution < -0.4 is 5.43 Å². The zero-order valence-electron chi connectivity index (χ0n) is 8.94. The quantitative estimate of drug-likeness (QED) is 0.825. The highest BCUT2D eigenvalue weighted by Gasteiger charge is 2.04. The lowest BCUT2D eigenvalue weighted by Crippen LogP contribution is -2.13. The van der Waals surface area contributed by atoms with E-state index in [1.54, 1.807) is 6.20 Å². The highest BCUT2D eigenvalue weighted by atomic mass is 15.4. The highest BCUT2D eigenvalue weighted by Crippen LogP contribution is 2.15. The van der Waals surface area contributed by atoms with E-state index in [4.69, 9.17) is 0 Å². The molecule has 0 aliphatic rings. The number of nitrogens with one attached hydrogen (secondary N) is 1. The van der Waals surface area contributed by atoms with Crippen molar-refractivity contribution >= 4 is 0 Å². The van der Waals surface area contributed by atoms with E-state index in [1.807, 2.05) is 36.1 Å².